The van der Waals surface area contributed by atoms with E-state index in [0.717, 1.165) is 44.0 Å². The Morgan fingerprint density at radius 3 is 2.19 bits per heavy atom. The predicted octanol–water partition coefficient (Wildman–Crippen LogP) is -0.0516. The van der Waals surface area contributed by atoms with Crippen molar-refractivity contribution in [3.8, 4) is 5.75 Å². The average Bonchev–Trinajstić information content (AvgIpc) is 2.70. The summed E-state index contributed by atoms with van der Waals surface area (Å²) < 4.78 is 5.21. The van der Waals surface area contributed by atoms with Crippen molar-refractivity contribution in [2.45, 2.75) is 13.1 Å². The molecule has 0 unspecified atom stereocenters. The lowest BCUT2D eigenvalue weighted by atomic mass is 10.2. The van der Waals surface area contributed by atoms with Crippen molar-refractivity contribution in [1.82, 2.24) is 5.32 Å². The first kappa shape index (κ1) is 19.7. The van der Waals surface area contributed by atoms with Gasteiger partial charge < -0.3 is 19.9 Å². The molecule has 1 fully saturated rings. The molecule has 1 aliphatic heterocycles. The van der Waals surface area contributed by atoms with E-state index < -0.39 is 0 Å². The number of hydrogen-bond donors (Lipinski definition) is 3. The summed E-state index contributed by atoms with van der Waals surface area (Å²) in [4.78, 5) is 15.1. The number of hydrogen-bond acceptors (Lipinski definition) is 2. The van der Waals surface area contributed by atoms with Crippen LogP contribution in [0, 0.1) is 0 Å². The highest BCUT2D eigenvalue weighted by Crippen LogP contribution is 2.10. The minimum absolute atomic E-state index is 0.110. The molecular weight excluding hydrogens is 362 g/mol. The maximum Gasteiger partial charge on any atom is 0.275 e. The van der Waals surface area contributed by atoms with Crippen LogP contribution in [-0.2, 0) is 17.9 Å². The van der Waals surface area contributed by atoms with E-state index in [0.29, 0.717) is 18.1 Å². The monoisotopic (exact) mass is 389 g/mol. The summed E-state index contributed by atoms with van der Waals surface area (Å²) in [6, 6.07) is 15.9. The van der Waals surface area contributed by atoms with Gasteiger partial charge in [-0.15, -0.1) is 0 Å². The molecule has 0 aromatic heterocycles. The van der Waals surface area contributed by atoms with Crippen LogP contribution in [0.4, 0.5) is 0 Å². The quantitative estimate of drug-likeness (QED) is 0.622. The summed E-state index contributed by atoms with van der Waals surface area (Å²) >= 11 is 5.88. The largest absolute Gasteiger partial charge is 0.497 e. The third kappa shape index (κ3) is 6.24. The van der Waals surface area contributed by atoms with Crippen LogP contribution in [0.15, 0.2) is 48.5 Å². The van der Waals surface area contributed by atoms with Crippen molar-refractivity contribution in [3.05, 3.63) is 64.7 Å². The van der Waals surface area contributed by atoms with Gasteiger partial charge in [-0.2, -0.15) is 0 Å². The molecule has 0 bridgehead atoms. The van der Waals surface area contributed by atoms with Crippen LogP contribution in [0.1, 0.15) is 11.1 Å². The van der Waals surface area contributed by atoms with Gasteiger partial charge in [0.2, 0.25) is 0 Å². The second-order valence-corrected chi connectivity index (χ2v) is 7.54. The number of piperazine rings is 1. The average molecular weight is 390 g/mol. The van der Waals surface area contributed by atoms with E-state index in [4.69, 9.17) is 16.3 Å². The smallest absolute Gasteiger partial charge is 0.275 e. The minimum atomic E-state index is 0.110. The van der Waals surface area contributed by atoms with Crippen molar-refractivity contribution in [1.29, 1.82) is 0 Å². The Bertz CT molecular complexity index is 726. The molecule has 2 aromatic rings. The standard InChI is InChI=1S/C21H26ClN3O2/c1-27-20-8-4-18(5-9-20)15-24-10-12-25(13-11-24)16-21(26)23-14-17-2-6-19(22)7-3-17/h2-9H,10-16H2,1H3,(H,23,26)/p+2. The Morgan fingerprint density at radius 2 is 1.56 bits per heavy atom. The summed E-state index contributed by atoms with van der Waals surface area (Å²) in [5, 5.41) is 3.72. The van der Waals surface area contributed by atoms with E-state index in [1.165, 1.54) is 10.5 Å². The van der Waals surface area contributed by atoms with Gasteiger partial charge in [0.25, 0.3) is 5.91 Å². The third-order valence-electron chi connectivity index (χ3n) is 5.09. The third-order valence-corrected chi connectivity index (χ3v) is 5.34. The lowest BCUT2D eigenvalue weighted by Crippen LogP contribution is -3.28. The number of carbonyl (C=O) groups excluding carboxylic acids is 1. The van der Waals surface area contributed by atoms with E-state index in [2.05, 4.69) is 17.4 Å². The molecule has 1 aliphatic rings. The fourth-order valence-corrected chi connectivity index (χ4v) is 3.56. The zero-order valence-corrected chi connectivity index (χ0v) is 16.5. The lowest BCUT2D eigenvalue weighted by molar-refractivity contribution is -1.02. The van der Waals surface area contributed by atoms with Crippen molar-refractivity contribution >= 4 is 17.5 Å². The molecule has 3 rings (SSSR count). The molecule has 0 radical (unpaired) electrons. The van der Waals surface area contributed by atoms with E-state index in [1.807, 2.05) is 36.4 Å². The van der Waals surface area contributed by atoms with Crippen LogP contribution in [-0.4, -0.2) is 45.7 Å². The van der Waals surface area contributed by atoms with Gasteiger partial charge in [0.05, 0.1) is 7.11 Å². The Labute approximate surface area is 165 Å². The van der Waals surface area contributed by atoms with Crippen molar-refractivity contribution in [2.24, 2.45) is 0 Å². The van der Waals surface area contributed by atoms with Gasteiger partial charge in [-0.05, 0) is 42.0 Å². The highest BCUT2D eigenvalue weighted by atomic mass is 35.5. The fourth-order valence-electron chi connectivity index (χ4n) is 3.44. The molecule has 1 saturated heterocycles. The van der Waals surface area contributed by atoms with Crippen molar-refractivity contribution < 1.29 is 19.3 Å². The first-order chi connectivity index (χ1) is 13.1. The van der Waals surface area contributed by atoms with E-state index in [9.17, 15) is 4.79 Å². The number of carbonyl (C=O) groups is 1. The van der Waals surface area contributed by atoms with Gasteiger partial charge in [-0.3, -0.25) is 4.79 Å². The summed E-state index contributed by atoms with van der Waals surface area (Å²) in [6.07, 6.45) is 0. The van der Waals surface area contributed by atoms with Gasteiger partial charge in [0, 0.05) is 17.1 Å². The van der Waals surface area contributed by atoms with Gasteiger partial charge in [-0.25, -0.2) is 0 Å². The molecule has 3 N–H and O–H groups in total. The second-order valence-electron chi connectivity index (χ2n) is 7.10. The van der Waals surface area contributed by atoms with Crippen LogP contribution < -0.4 is 19.9 Å². The van der Waals surface area contributed by atoms with Crippen molar-refractivity contribution in [2.75, 3.05) is 39.8 Å². The predicted molar refractivity (Wildman–Crippen MR) is 106 cm³/mol. The maximum atomic E-state index is 12.2. The molecule has 5 nitrogen and oxygen atoms in total. The number of benzene rings is 2. The summed E-state index contributed by atoms with van der Waals surface area (Å²) in [6.45, 7) is 6.36. The second kappa shape index (κ2) is 9.74. The van der Waals surface area contributed by atoms with Gasteiger partial charge >= 0.3 is 0 Å². The maximum absolute atomic E-state index is 12.2. The molecule has 2 aromatic carbocycles. The first-order valence-corrected chi connectivity index (χ1v) is 9.81. The van der Waals surface area contributed by atoms with Crippen LogP contribution in [0.3, 0.4) is 0 Å². The highest BCUT2D eigenvalue weighted by molar-refractivity contribution is 6.30. The topological polar surface area (TPSA) is 47.2 Å². The SMILES string of the molecule is COc1ccc(C[NH+]2CC[NH+](CC(=O)NCc3ccc(Cl)cc3)CC2)cc1. The minimum Gasteiger partial charge on any atom is -0.497 e. The summed E-state index contributed by atoms with van der Waals surface area (Å²) in [5.74, 6) is 1.01. The van der Waals surface area contributed by atoms with Gasteiger partial charge in [-0.1, -0.05) is 23.7 Å². The number of amides is 1. The van der Waals surface area contributed by atoms with E-state index >= 15 is 0 Å². The number of nitrogens with one attached hydrogen (secondary N) is 3. The van der Waals surface area contributed by atoms with Crippen LogP contribution >= 0.6 is 11.6 Å². The number of methoxy groups -OCH3 is 1. The van der Waals surface area contributed by atoms with Gasteiger partial charge in [0.1, 0.15) is 38.5 Å². The molecule has 6 heteroatoms. The van der Waals surface area contributed by atoms with Crippen molar-refractivity contribution in [3.63, 3.8) is 0 Å². The number of quaternary nitrogens is 2. The fraction of sp³-hybridized carbons (Fsp3) is 0.381. The molecular formula is C21H28ClN3O2+2. The zero-order chi connectivity index (χ0) is 19.1. The number of rotatable bonds is 7. The molecule has 0 atom stereocenters. The molecule has 0 aliphatic carbocycles. The summed E-state index contributed by atoms with van der Waals surface area (Å²) in [5.41, 5.74) is 2.39. The molecule has 144 valence electrons. The Morgan fingerprint density at radius 1 is 0.963 bits per heavy atom. The van der Waals surface area contributed by atoms with E-state index in [-0.39, 0.29) is 5.91 Å². The molecule has 1 amide bonds. The number of ether oxygens (including phenoxy) is 1. The normalized spacial score (nSPS) is 19.5. The Balaban J connectivity index is 1.37. The highest BCUT2D eigenvalue weighted by Gasteiger charge is 2.24. The van der Waals surface area contributed by atoms with Crippen LogP contribution in [0.2, 0.25) is 5.02 Å². The lowest BCUT2D eigenvalue weighted by Gasteiger charge is -2.29. The van der Waals surface area contributed by atoms with Gasteiger partial charge in [0.15, 0.2) is 6.54 Å². The zero-order valence-electron chi connectivity index (χ0n) is 15.8. The molecule has 27 heavy (non-hydrogen) atoms. The molecule has 1 heterocycles. The number of halogens is 1. The molecule has 0 saturated carbocycles. The first-order valence-electron chi connectivity index (χ1n) is 9.43. The molecule has 0 spiro atoms. The van der Waals surface area contributed by atoms with E-state index in [1.54, 1.807) is 12.0 Å². The summed E-state index contributed by atoms with van der Waals surface area (Å²) in [7, 11) is 1.69. The van der Waals surface area contributed by atoms with Crippen LogP contribution in [0.25, 0.3) is 0 Å². The Hall–Kier alpha value is -2.08. The van der Waals surface area contributed by atoms with Crippen LogP contribution in [0.5, 0.6) is 5.75 Å². The Kier molecular flexibility index (Phi) is 7.10.